The van der Waals surface area contributed by atoms with Crippen molar-refractivity contribution in [3.63, 3.8) is 0 Å². The molecule has 2 atom stereocenters. The number of carboxylic acid groups (broad SMARTS) is 1. The number of aliphatic carboxylic acids is 1. The SMILES string of the molecule is Cc1cc(-c2c(C)cccc2C)cc([C@H](CC(=O)O)NC[C@H](CC(C)C)n2nc(CCN3CC(C)(F)C3)cc(C)c2=O)c1F. The molecular formula is C35H46F2N4O3. The molecule has 0 saturated carbocycles. The molecule has 0 aliphatic carbocycles. The molecule has 1 fully saturated rings. The Kier molecular flexibility index (Phi) is 10.4. The summed E-state index contributed by atoms with van der Waals surface area (Å²) >= 11 is 0. The molecule has 3 aromatic rings. The van der Waals surface area contributed by atoms with Crippen LogP contribution in [0, 0.1) is 39.4 Å². The summed E-state index contributed by atoms with van der Waals surface area (Å²) in [5.74, 6) is -1.28. The minimum Gasteiger partial charge on any atom is -0.481 e. The van der Waals surface area contributed by atoms with Gasteiger partial charge in [-0.05, 0) is 93.0 Å². The van der Waals surface area contributed by atoms with E-state index in [1.54, 1.807) is 39.0 Å². The summed E-state index contributed by atoms with van der Waals surface area (Å²) in [5.41, 5.74) is 4.60. The summed E-state index contributed by atoms with van der Waals surface area (Å²) in [6.45, 7) is 14.8. The predicted octanol–water partition coefficient (Wildman–Crippen LogP) is 6.26. The lowest BCUT2D eigenvalue weighted by Gasteiger charge is -2.42. The Hall–Kier alpha value is -3.43. The van der Waals surface area contributed by atoms with Gasteiger partial charge in [-0.15, -0.1) is 0 Å². The van der Waals surface area contributed by atoms with Gasteiger partial charge in [-0.3, -0.25) is 14.5 Å². The smallest absolute Gasteiger partial charge is 0.305 e. The molecule has 0 radical (unpaired) electrons. The molecule has 1 aliphatic heterocycles. The Bertz CT molecular complexity index is 1540. The van der Waals surface area contributed by atoms with Crippen molar-refractivity contribution in [1.29, 1.82) is 0 Å². The monoisotopic (exact) mass is 608 g/mol. The van der Waals surface area contributed by atoms with Crippen molar-refractivity contribution in [3.8, 4) is 11.1 Å². The Morgan fingerprint density at radius 1 is 1.07 bits per heavy atom. The maximum Gasteiger partial charge on any atom is 0.305 e. The van der Waals surface area contributed by atoms with Gasteiger partial charge in [-0.25, -0.2) is 13.5 Å². The zero-order chi connectivity index (χ0) is 32.3. The topological polar surface area (TPSA) is 87.5 Å². The molecule has 2 aromatic carbocycles. The standard InChI is InChI=1S/C35H46F2N4O3/c1-21(2)13-28(41-34(44)25(6)15-27(39-41)11-12-40-19-35(7,37)20-40)18-38-30(17-31(42)43)29-16-26(14-24(5)33(29)36)32-22(3)9-8-10-23(32)4/h8-10,14-16,21,28,30,38H,11-13,17-20H2,1-7H3,(H,42,43)/t28-,30-/m0/s1. The molecule has 0 unspecified atom stereocenters. The van der Waals surface area contributed by atoms with Crippen LogP contribution in [0.5, 0.6) is 0 Å². The highest BCUT2D eigenvalue weighted by Crippen LogP contribution is 2.33. The van der Waals surface area contributed by atoms with Crippen LogP contribution in [-0.4, -0.2) is 57.6 Å². The maximum atomic E-state index is 15.7. The van der Waals surface area contributed by atoms with Crippen LogP contribution in [0.1, 0.15) is 79.2 Å². The Morgan fingerprint density at radius 3 is 2.32 bits per heavy atom. The van der Waals surface area contributed by atoms with Crippen LogP contribution in [0.4, 0.5) is 8.78 Å². The quantitative estimate of drug-likeness (QED) is 0.238. The van der Waals surface area contributed by atoms with Gasteiger partial charge >= 0.3 is 5.97 Å². The van der Waals surface area contributed by atoms with E-state index in [9.17, 15) is 19.1 Å². The maximum absolute atomic E-state index is 15.7. The van der Waals surface area contributed by atoms with Gasteiger partial charge < -0.3 is 10.4 Å². The van der Waals surface area contributed by atoms with Gasteiger partial charge in [0.15, 0.2) is 0 Å². The first-order chi connectivity index (χ1) is 20.6. The van der Waals surface area contributed by atoms with Crippen LogP contribution in [0.2, 0.25) is 0 Å². The first-order valence-corrected chi connectivity index (χ1v) is 15.5. The van der Waals surface area contributed by atoms with Crippen molar-refractivity contribution in [2.75, 3.05) is 26.2 Å². The summed E-state index contributed by atoms with van der Waals surface area (Å²) in [7, 11) is 0. The fourth-order valence-corrected chi connectivity index (χ4v) is 6.41. The Morgan fingerprint density at radius 2 is 1.73 bits per heavy atom. The number of carbonyl (C=O) groups is 1. The van der Waals surface area contributed by atoms with Crippen molar-refractivity contribution >= 4 is 5.97 Å². The molecule has 0 amide bonds. The molecule has 2 N–H and O–H groups in total. The zero-order valence-corrected chi connectivity index (χ0v) is 27.0. The van der Waals surface area contributed by atoms with Crippen LogP contribution in [0.15, 0.2) is 41.2 Å². The number of likely N-dealkylation sites (tertiary alicyclic amines) is 1. The number of alkyl halides is 1. The summed E-state index contributed by atoms with van der Waals surface area (Å²) in [5, 5.41) is 17.9. The van der Waals surface area contributed by atoms with Crippen molar-refractivity contribution < 1.29 is 18.7 Å². The summed E-state index contributed by atoms with van der Waals surface area (Å²) in [4.78, 5) is 27.4. The molecule has 1 aromatic heterocycles. The predicted molar refractivity (Wildman–Crippen MR) is 170 cm³/mol. The third-order valence-electron chi connectivity index (χ3n) is 8.45. The number of rotatable bonds is 13. The summed E-state index contributed by atoms with van der Waals surface area (Å²) in [6.07, 6.45) is 0.862. The van der Waals surface area contributed by atoms with Gasteiger partial charge in [0, 0.05) is 49.8 Å². The van der Waals surface area contributed by atoms with Crippen LogP contribution in [0.25, 0.3) is 11.1 Å². The average molecular weight is 609 g/mol. The molecule has 4 rings (SSSR count). The number of carboxylic acids is 1. The van der Waals surface area contributed by atoms with Crippen molar-refractivity contribution in [3.05, 3.63) is 86.1 Å². The van der Waals surface area contributed by atoms with Gasteiger partial charge in [-0.1, -0.05) is 32.0 Å². The number of hydrogen-bond donors (Lipinski definition) is 2. The minimum atomic E-state index is -1.15. The fourth-order valence-electron chi connectivity index (χ4n) is 6.41. The lowest BCUT2D eigenvalue weighted by molar-refractivity contribution is -0.137. The Labute approximate surface area is 259 Å². The van der Waals surface area contributed by atoms with Crippen LogP contribution in [-0.2, 0) is 11.2 Å². The highest BCUT2D eigenvalue weighted by Gasteiger charge is 2.38. The molecule has 2 heterocycles. The number of hydrogen-bond acceptors (Lipinski definition) is 5. The van der Waals surface area contributed by atoms with Crippen LogP contribution >= 0.6 is 0 Å². The normalized spacial score (nSPS) is 16.1. The van der Waals surface area contributed by atoms with E-state index >= 15 is 4.39 Å². The van der Waals surface area contributed by atoms with E-state index < -0.39 is 23.5 Å². The number of nitrogens with zero attached hydrogens (tertiary/aromatic N) is 3. The second-order valence-electron chi connectivity index (χ2n) is 13.2. The molecule has 238 valence electrons. The lowest BCUT2D eigenvalue weighted by Crippen LogP contribution is -2.57. The van der Waals surface area contributed by atoms with Gasteiger partial charge in [0.25, 0.3) is 5.56 Å². The van der Waals surface area contributed by atoms with Gasteiger partial charge in [0.2, 0.25) is 0 Å². The molecule has 7 nitrogen and oxygen atoms in total. The summed E-state index contributed by atoms with van der Waals surface area (Å²) < 4.78 is 31.2. The van der Waals surface area contributed by atoms with Gasteiger partial charge in [0.1, 0.15) is 11.5 Å². The molecular weight excluding hydrogens is 562 g/mol. The third kappa shape index (κ3) is 7.99. The molecule has 9 heteroatoms. The number of benzene rings is 2. The first kappa shape index (κ1) is 33.5. The van der Waals surface area contributed by atoms with E-state index in [4.69, 9.17) is 5.10 Å². The Balaban J connectivity index is 1.65. The highest BCUT2D eigenvalue weighted by molar-refractivity contribution is 5.73. The molecule has 44 heavy (non-hydrogen) atoms. The van der Waals surface area contributed by atoms with Crippen molar-refractivity contribution in [1.82, 2.24) is 20.0 Å². The molecule has 0 bridgehead atoms. The second kappa shape index (κ2) is 13.7. The van der Waals surface area contributed by atoms with E-state index in [-0.39, 0.29) is 36.0 Å². The molecule has 0 spiro atoms. The highest BCUT2D eigenvalue weighted by atomic mass is 19.1. The van der Waals surface area contributed by atoms with Crippen LogP contribution < -0.4 is 10.9 Å². The third-order valence-corrected chi connectivity index (χ3v) is 8.45. The number of halogens is 2. The lowest BCUT2D eigenvalue weighted by atomic mass is 9.90. The van der Waals surface area contributed by atoms with Crippen molar-refractivity contribution in [2.24, 2.45) is 5.92 Å². The average Bonchev–Trinajstić information content (AvgIpc) is 2.91. The first-order valence-electron chi connectivity index (χ1n) is 15.5. The van der Waals surface area contributed by atoms with E-state index in [0.29, 0.717) is 43.6 Å². The largest absolute Gasteiger partial charge is 0.481 e. The zero-order valence-electron chi connectivity index (χ0n) is 27.0. The van der Waals surface area contributed by atoms with Crippen molar-refractivity contribution in [2.45, 2.75) is 85.5 Å². The fraction of sp³-hybridized carbons (Fsp3) is 0.514. The second-order valence-corrected chi connectivity index (χ2v) is 13.2. The van der Waals surface area contributed by atoms with Gasteiger partial charge in [0.05, 0.1) is 18.2 Å². The van der Waals surface area contributed by atoms with E-state index in [0.717, 1.165) is 27.9 Å². The van der Waals surface area contributed by atoms with E-state index in [1.807, 2.05) is 36.9 Å². The number of aromatic nitrogens is 2. The number of nitrogens with one attached hydrogen (secondary N) is 1. The van der Waals surface area contributed by atoms with E-state index in [2.05, 4.69) is 19.2 Å². The van der Waals surface area contributed by atoms with Crippen LogP contribution in [0.3, 0.4) is 0 Å². The summed E-state index contributed by atoms with van der Waals surface area (Å²) in [6, 6.07) is 10.1. The molecule has 1 aliphatic rings. The number of aryl methyl sites for hydroxylation is 4. The van der Waals surface area contributed by atoms with E-state index in [1.165, 1.54) is 4.68 Å². The molecule has 1 saturated heterocycles. The van der Waals surface area contributed by atoms with Gasteiger partial charge in [-0.2, -0.15) is 5.10 Å². The minimum absolute atomic E-state index is 0.213.